The van der Waals surface area contributed by atoms with Gasteiger partial charge in [0.2, 0.25) is 15.9 Å². The molecule has 1 heterocycles. The van der Waals surface area contributed by atoms with Gasteiger partial charge in [-0.3, -0.25) is 9.59 Å². The van der Waals surface area contributed by atoms with E-state index in [9.17, 15) is 18.0 Å². The number of ether oxygens (including phenoxy) is 1. The largest absolute Gasteiger partial charge is 0.385 e. The van der Waals surface area contributed by atoms with Gasteiger partial charge in [0.1, 0.15) is 0 Å². The lowest BCUT2D eigenvalue weighted by Crippen LogP contribution is -2.43. The van der Waals surface area contributed by atoms with Gasteiger partial charge in [0.05, 0.1) is 22.1 Å². The van der Waals surface area contributed by atoms with Crippen molar-refractivity contribution in [2.24, 2.45) is 5.92 Å². The van der Waals surface area contributed by atoms with Crippen LogP contribution in [0.5, 0.6) is 0 Å². The van der Waals surface area contributed by atoms with E-state index in [1.807, 2.05) is 0 Å². The minimum absolute atomic E-state index is 0.0716. The highest BCUT2D eigenvalue weighted by atomic mass is 35.5. The topological polar surface area (TPSA) is 105 Å². The second-order valence-electron chi connectivity index (χ2n) is 7.79. The molecule has 2 amide bonds. The van der Waals surface area contributed by atoms with Crippen molar-refractivity contribution in [2.45, 2.75) is 24.2 Å². The fourth-order valence-corrected chi connectivity index (χ4v) is 5.32. The molecule has 1 atom stereocenters. The van der Waals surface area contributed by atoms with Crippen molar-refractivity contribution in [3.63, 3.8) is 0 Å². The monoisotopic (exact) mass is 493 g/mol. The van der Waals surface area contributed by atoms with Crippen LogP contribution in [0.15, 0.2) is 53.4 Å². The Morgan fingerprint density at radius 3 is 2.61 bits per heavy atom. The number of benzene rings is 2. The third kappa shape index (κ3) is 6.54. The number of hydrogen-bond donors (Lipinski definition) is 2. The van der Waals surface area contributed by atoms with Crippen molar-refractivity contribution in [1.29, 1.82) is 0 Å². The molecule has 0 aliphatic carbocycles. The molecule has 3 rings (SSSR count). The zero-order valence-electron chi connectivity index (χ0n) is 18.4. The van der Waals surface area contributed by atoms with Crippen LogP contribution in [0, 0.1) is 5.92 Å². The number of hydrogen-bond acceptors (Lipinski definition) is 5. The molecule has 8 nitrogen and oxygen atoms in total. The van der Waals surface area contributed by atoms with Crippen LogP contribution in [-0.4, -0.2) is 57.9 Å². The van der Waals surface area contributed by atoms with E-state index in [-0.39, 0.29) is 23.3 Å². The highest BCUT2D eigenvalue weighted by Crippen LogP contribution is 2.26. The first-order valence-corrected chi connectivity index (χ1v) is 12.6. The summed E-state index contributed by atoms with van der Waals surface area (Å²) in [5, 5.41) is 6.08. The van der Waals surface area contributed by atoms with Crippen LogP contribution in [0.4, 0.5) is 5.69 Å². The average molecular weight is 494 g/mol. The number of rotatable bonds is 9. The summed E-state index contributed by atoms with van der Waals surface area (Å²) in [7, 11) is -2.14. The van der Waals surface area contributed by atoms with Crippen LogP contribution in [0.2, 0.25) is 5.02 Å². The molecule has 1 aliphatic heterocycles. The molecule has 1 saturated heterocycles. The van der Waals surface area contributed by atoms with Crippen molar-refractivity contribution in [3.8, 4) is 0 Å². The Morgan fingerprint density at radius 2 is 1.88 bits per heavy atom. The summed E-state index contributed by atoms with van der Waals surface area (Å²) in [6.07, 6.45) is 1.80. The Kier molecular flexibility index (Phi) is 8.85. The van der Waals surface area contributed by atoms with Gasteiger partial charge in [-0.1, -0.05) is 23.7 Å². The van der Waals surface area contributed by atoms with Gasteiger partial charge in [0.25, 0.3) is 5.91 Å². The van der Waals surface area contributed by atoms with E-state index in [2.05, 4.69) is 10.6 Å². The van der Waals surface area contributed by atoms with E-state index >= 15 is 0 Å². The molecule has 2 aromatic rings. The van der Waals surface area contributed by atoms with Gasteiger partial charge >= 0.3 is 0 Å². The lowest BCUT2D eigenvalue weighted by molar-refractivity contribution is -0.120. The Balaban J connectivity index is 1.67. The molecule has 33 heavy (non-hydrogen) atoms. The minimum Gasteiger partial charge on any atom is -0.385 e. The highest BCUT2D eigenvalue weighted by Gasteiger charge is 2.33. The molecular formula is C23H28ClN3O5S. The first-order valence-electron chi connectivity index (χ1n) is 10.8. The summed E-state index contributed by atoms with van der Waals surface area (Å²) >= 11 is 5.87. The van der Waals surface area contributed by atoms with Gasteiger partial charge in [-0.05, 0) is 55.7 Å². The van der Waals surface area contributed by atoms with Gasteiger partial charge in [-0.15, -0.1) is 0 Å². The molecule has 2 N–H and O–H groups in total. The smallest absolute Gasteiger partial charge is 0.253 e. The van der Waals surface area contributed by atoms with E-state index in [1.165, 1.54) is 28.6 Å². The molecule has 0 unspecified atom stereocenters. The van der Waals surface area contributed by atoms with E-state index < -0.39 is 15.9 Å². The second-order valence-corrected chi connectivity index (χ2v) is 10.2. The summed E-state index contributed by atoms with van der Waals surface area (Å²) in [4.78, 5) is 25.7. The Bertz CT molecular complexity index is 1080. The fraction of sp³-hybridized carbons (Fsp3) is 0.391. The van der Waals surface area contributed by atoms with Crippen molar-refractivity contribution in [2.75, 3.05) is 38.7 Å². The van der Waals surface area contributed by atoms with Crippen LogP contribution in [0.25, 0.3) is 0 Å². The van der Waals surface area contributed by atoms with E-state index in [4.69, 9.17) is 16.3 Å². The number of nitrogens with one attached hydrogen (secondary N) is 2. The number of methoxy groups -OCH3 is 1. The summed E-state index contributed by atoms with van der Waals surface area (Å²) in [6, 6.07) is 12.7. The summed E-state index contributed by atoms with van der Waals surface area (Å²) in [5.74, 6) is -1.14. The normalized spacial score (nSPS) is 16.8. The van der Waals surface area contributed by atoms with Crippen LogP contribution >= 0.6 is 11.6 Å². The van der Waals surface area contributed by atoms with Crippen LogP contribution < -0.4 is 10.6 Å². The lowest BCUT2D eigenvalue weighted by Gasteiger charge is -2.31. The molecule has 1 fully saturated rings. The third-order valence-electron chi connectivity index (χ3n) is 5.45. The molecule has 10 heteroatoms. The maximum atomic E-state index is 13.0. The second kappa shape index (κ2) is 11.6. The molecule has 1 aliphatic rings. The number of carbonyl (C=O) groups excluding carboxylic acids is 2. The number of nitrogens with zero attached hydrogens (tertiary/aromatic N) is 1. The summed E-state index contributed by atoms with van der Waals surface area (Å²) in [5.41, 5.74) is 0.745. The van der Waals surface area contributed by atoms with Crippen LogP contribution in [0.3, 0.4) is 0 Å². The van der Waals surface area contributed by atoms with E-state index in [1.54, 1.807) is 31.4 Å². The zero-order valence-corrected chi connectivity index (χ0v) is 20.0. The predicted octanol–water partition coefficient (Wildman–Crippen LogP) is 3.15. The molecule has 0 saturated carbocycles. The van der Waals surface area contributed by atoms with Gasteiger partial charge in [-0.25, -0.2) is 8.42 Å². The number of anilines is 1. The Hall–Kier alpha value is -2.46. The SMILES string of the molecule is COCCCNC(=O)c1ccccc1NC(=O)[C@@H]1CCCN(S(=O)(=O)c2ccc(Cl)cc2)C1. The van der Waals surface area contributed by atoms with Crippen molar-refractivity contribution >= 4 is 39.1 Å². The van der Waals surface area contributed by atoms with Crippen LogP contribution in [0.1, 0.15) is 29.6 Å². The van der Waals surface area contributed by atoms with Gasteiger partial charge < -0.3 is 15.4 Å². The lowest BCUT2D eigenvalue weighted by atomic mass is 9.98. The van der Waals surface area contributed by atoms with Crippen molar-refractivity contribution < 1.29 is 22.7 Å². The molecule has 0 bridgehead atoms. The number of amides is 2. The average Bonchev–Trinajstić information content (AvgIpc) is 2.82. The molecule has 0 aromatic heterocycles. The summed E-state index contributed by atoms with van der Waals surface area (Å²) < 4.78 is 32.3. The third-order valence-corrected chi connectivity index (χ3v) is 7.58. The standard InChI is InChI=1S/C23H28ClN3O5S/c1-32-15-5-13-25-23(29)20-7-2-3-8-21(20)26-22(28)17-6-4-14-27(16-17)33(30,31)19-11-9-18(24)10-12-19/h2-3,7-12,17H,4-6,13-16H2,1H3,(H,25,29)(H,26,28)/t17-/m1/s1. The quantitative estimate of drug-likeness (QED) is 0.522. The number of sulfonamides is 1. The molecule has 2 aromatic carbocycles. The highest BCUT2D eigenvalue weighted by molar-refractivity contribution is 7.89. The predicted molar refractivity (Wildman–Crippen MR) is 127 cm³/mol. The Labute approximate surface area is 199 Å². The maximum absolute atomic E-state index is 13.0. The fourth-order valence-electron chi connectivity index (χ4n) is 3.67. The number of carbonyl (C=O) groups is 2. The van der Waals surface area contributed by atoms with Crippen LogP contribution in [-0.2, 0) is 19.6 Å². The maximum Gasteiger partial charge on any atom is 0.253 e. The zero-order chi connectivity index (χ0) is 23.8. The van der Waals surface area contributed by atoms with E-state index in [0.29, 0.717) is 55.2 Å². The first kappa shape index (κ1) is 25.2. The van der Waals surface area contributed by atoms with Crippen molar-refractivity contribution in [1.82, 2.24) is 9.62 Å². The number of para-hydroxylation sites is 1. The van der Waals surface area contributed by atoms with Crippen molar-refractivity contribution in [3.05, 3.63) is 59.1 Å². The first-order chi connectivity index (χ1) is 15.8. The van der Waals surface area contributed by atoms with E-state index in [0.717, 1.165) is 0 Å². The number of halogens is 1. The van der Waals surface area contributed by atoms with Gasteiger partial charge in [0.15, 0.2) is 0 Å². The molecule has 0 radical (unpaired) electrons. The number of piperidine rings is 1. The summed E-state index contributed by atoms with van der Waals surface area (Å²) in [6.45, 7) is 1.41. The minimum atomic E-state index is -3.73. The van der Waals surface area contributed by atoms with Gasteiger partial charge in [0, 0.05) is 38.4 Å². The Morgan fingerprint density at radius 1 is 1.15 bits per heavy atom. The van der Waals surface area contributed by atoms with Gasteiger partial charge in [-0.2, -0.15) is 4.31 Å². The molecule has 178 valence electrons. The molecular weight excluding hydrogens is 466 g/mol. The molecule has 0 spiro atoms.